The predicted molar refractivity (Wildman–Crippen MR) is 120 cm³/mol. The Kier molecular flexibility index (Phi) is 4.25. The zero-order valence-electron chi connectivity index (χ0n) is 16.5. The van der Waals surface area contributed by atoms with Crippen molar-refractivity contribution < 1.29 is 0 Å². The van der Waals surface area contributed by atoms with Crippen LogP contribution >= 0.6 is 11.3 Å². The zero-order chi connectivity index (χ0) is 20.0. The van der Waals surface area contributed by atoms with E-state index in [0.29, 0.717) is 0 Å². The van der Waals surface area contributed by atoms with Crippen molar-refractivity contribution in [3.8, 4) is 28.2 Å². The molecule has 3 aromatic carbocycles. The van der Waals surface area contributed by atoms with E-state index in [2.05, 4.69) is 88.2 Å². The van der Waals surface area contributed by atoms with Crippen LogP contribution in [0.5, 0.6) is 0 Å². The molecule has 0 unspecified atom stereocenters. The zero-order valence-corrected chi connectivity index (χ0v) is 17.4. The molecule has 5 heteroatoms. The Hall–Kier alpha value is -3.31. The van der Waals surface area contributed by atoms with Gasteiger partial charge < -0.3 is 0 Å². The summed E-state index contributed by atoms with van der Waals surface area (Å²) in [5.41, 5.74) is 8.04. The van der Waals surface area contributed by atoms with Gasteiger partial charge in [-0.3, -0.25) is 4.57 Å². The molecule has 0 radical (unpaired) electrons. The summed E-state index contributed by atoms with van der Waals surface area (Å²) in [5.74, 6) is 0.844. The van der Waals surface area contributed by atoms with Gasteiger partial charge in [0.05, 0.1) is 20.9 Å². The molecule has 4 nitrogen and oxygen atoms in total. The monoisotopic (exact) mass is 396 g/mol. The highest BCUT2D eigenvalue weighted by molar-refractivity contribution is 7.18. The molecule has 2 aromatic heterocycles. The van der Waals surface area contributed by atoms with E-state index in [1.165, 1.54) is 27.0 Å². The van der Waals surface area contributed by atoms with Gasteiger partial charge in [-0.05, 0) is 73.4 Å². The number of aromatic nitrogens is 4. The fraction of sp³-hybridized carbons (Fsp3) is 0.125. The van der Waals surface area contributed by atoms with Crippen LogP contribution in [0.15, 0.2) is 67.0 Å². The first-order chi connectivity index (χ1) is 14.1. The topological polar surface area (TPSA) is 43.6 Å². The van der Waals surface area contributed by atoms with Gasteiger partial charge in [0.2, 0.25) is 0 Å². The summed E-state index contributed by atoms with van der Waals surface area (Å²) in [7, 11) is 0. The van der Waals surface area contributed by atoms with E-state index in [0.717, 1.165) is 27.6 Å². The minimum Gasteiger partial charge on any atom is -0.281 e. The largest absolute Gasteiger partial charge is 0.281 e. The van der Waals surface area contributed by atoms with E-state index in [4.69, 9.17) is 0 Å². The van der Waals surface area contributed by atoms with Crippen LogP contribution in [0.4, 0.5) is 0 Å². The van der Waals surface area contributed by atoms with Gasteiger partial charge in [0, 0.05) is 5.56 Å². The van der Waals surface area contributed by atoms with Gasteiger partial charge in [-0.15, -0.1) is 21.5 Å². The molecule has 5 aromatic rings. The molecule has 0 aliphatic heterocycles. The Bertz CT molecular complexity index is 1310. The van der Waals surface area contributed by atoms with Crippen LogP contribution in [0, 0.1) is 20.8 Å². The number of fused-ring (bicyclic) bond motifs is 1. The van der Waals surface area contributed by atoms with E-state index in [-0.39, 0.29) is 0 Å². The average molecular weight is 397 g/mol. The van der Waals surface area contributed by atoms with Crippen molar-refractivity contribution in [3.05, 3.63) is 83.1 Å². The highest BCUT2D eigenvalue weighted by Gasteiger charge is 2.15. The molecule has 2 heterocycles. The molecular weight excluding hydrogens is 376 g/mol. The second kappa shape index (κ2) is 6.94. The summed E-state index contributed by atoms with van der Waals surface area (Å²) >= 11 is 1.70. The van der Waals surface area contributed by atoms with Crippen molar-refractivity contribution in [3.63, 3.8) is 0 Å². The molecule has 0 aliphatic carbocycles. The van der Waals surface area contributed by atoms with Crippen LogP contribution in [-0.4, -0.2) is 19.7 Å². The number of nitrogens with zero attached hydrogens (tertiary/aromatic N) is 4. The summed E-state index contributed by atoms with van der Waals surface area (Å²) in [6, 6.07) is 21.2. The van der Waals surface area contributed by atoms with Gasteiger partial charge in [0.1, 0.15) is 6.33 Å². The smallest absolute Gasteiger partial charge is 0.168 e. The summed E-state index contributed by atoms with van der Waals surface area (Å²) in [4.78, 5) is 4.56. The average Bonchev–Trinajstić information content (AvgIpc) is 3.33. The summed E-state index contributed by atoms with van der Waals surface area (Å²) in [6.45, 7) is 6.33. The standard InChI is InChI=1S/C24H20N4S/c1-15-11-20(18-7-5-4-6-8-18)12-16(2)23(15)28-14-25-27-24(28)19-9-10-21-22(13-19)29-17(3)26-21/h4-14H,1-3H3. The lowest BCUT2D eigenvalue weighted by atomic mass is 9.98. The first-order valence-corrected chi connectivity index (χ1v) is 10.4. The highest BCUT2D eigenvalue weighted by atomic mass is 32.1. The maximum atomic E-state index is 4.56. The van der Waals surface area contributed by atoms with Gasteiger partial charge >= 0.3 is 0 Å². The quantitative estimate of drug-likeness (QED) is 0.368. The predicted octanol–water partition coefficient (Wildman–Crippen LogP) is 6.14. The van der Waals surface area contributed by atoms with Crippen LogP contribution in [0.1, 0.15) is 16.1 Å². The van der Waals surface area contributed by atoms with E-state index in [9.17, 15) is 0 Å². The van der Waals surface area contributed by atoms with Crippen molar-refractivity contribution in [1.29, 1.82) is 0 Å². The van der Waals surface area contributed by atoms with Crippen molar-refractivity contribution in [2.24, 2.45) is 0 Å². The van der Waals surface area contributed by atoms with Crippen molar-refractivity contribution in [2.75, 3.05) is 0 Å². The summed E-state index contributed by atoms with van der Waals surface area (Å²) in [6.07, 6.45) is 1.80. The van der Waals surface area contributed by atoms with Gasteiger partial charge in [-0.25, -0.2) is 4.98 Å². The van der Waals surface area contributed by atoms with Crippen molar-refractivity contribution in [1.82, 2.24) is 19.7 Å². The minimum atomic E-state index is 0.844. The third kappa shape index (κ3) is 3.13. The fourth-order valence-corrected chi connectivity index (χ4v) is 4.77. The maximum Gasteiger partial charge on any atom is 0.168 e. The lowest BCUT2D eigenvalue weighted by Gasteiger charge is -2.15. The van der Waals surface area contributed by atoms with Crippen LogP contribution in [0.25, 0.3) is 38.4 Å². The van der Waals surface area contributed by atoms with E-state index in [1.54, 1.807) is 17.7 Å². The van der Waals surface area contributed by atoms with Crippen LogP contribution < -0.4 is 0 Å². The van der Waals surface area contributed by atoms with Gasteiger partial charge in [-0.1, -0.05) is 30.3 Å². The van der Waals surface area contributed by atoms with Crippen LogP contribution in [-0.2, 0) is 0 Å². The normalized spacial score (nSPS) is 11.3. The van der Waals surface area contributed by atoms with E-state index in [1.807, 2.05) is 13.0 Å². The molecule has 0 bridgehead atoms. The molecule has 142 valence electrons. The molecule has 0 atom stereocenters. The molecule has 0 aliphatic rings. The fourth-order valence-electron chi connectivity index (χ4n) is 3.91. The molecule has 0 saturated heterocycles. The Labute approximate surface area is 173 Å². The Morgan fingerprint density at radius 1 is 0.793 bits per heavy atom. The number of hydrogen-bond donors (Lipinski definition) is 0. The number of hydrogen-bond acceptors (Lipinski definition) is 4. The second-order valence-corrected chi connectivity index (χ2v) is 8.50. The first kappa shape index (κ1) is 17.8. The van der Waals surface area contributed by atoms with Crippen molar-refractivity contribution in [2.45, 2.75) is 20.8 Å². The van der Waals surface area contributed by atoms with Crippen LogP contribution in [0.2, 0.25) is 0 Å². The number of aryl methyl sites for hydroxylation is 3. The number of benzene rings is 3. The summed E-state index contributed by atoms with van der Waals surface area (Å²) in [5, 5.41) is 9.73. The third-order valence-electron chi connectivity index (χ3n) is 5.14. The molecule has 0 saturated carbocycles. The molecule has 0 fully saturated rings. The molecular formula is C24H20N4S. The number of rotatable bonds is 3. The van der Waals surface area contributed by atoms with Crippen molar-refractivity contribution >= 4 is 21.6 Å². The highest BCUT2D eigenvalue weighted by Crippen LogP contribution is 2.32. The molecule has 0 N–H and O–H groups in total. The second-order valence-electron chi connectivity index (χ2n) is 7.26. The van der Waals surface area contributed by atoms with E-state index < -0.39 is 0 Å². The maximum absolute atomic E-state index is 4.56. The minimum absolute atomic E-state index is 0.844. The SMILES string of the molecule is Cc1nc2ccc(-c3nncn3-c3c(C)cc(-c4ccccc4)cc3C)cc2s1. The van der Waals surface area contributed by atoms with Gasteiger partial charge in [0.25, 0.3) is 0 Å². The van der Waals surface area contributed by atoms with Crippen LogP contribution in [0.3, 0.4) is 0 Å². The lowest BCUT2D eigenvalue weighted by Crippen LogP contribution is -2.02. The summed E-state index contributed by atoms with van der Waals surface area (Å²) < 4.78 is 3.26. The molecule has 0 spiro atoms. The third-order valence-corrected chi connectivity index (χ3v) is 6.07. The molecule has 29 heavy (non-hydrogen) atoms. The Balaban J connectivity index is 1.63. The lowest BCUT2D eigenvalue weighted by molar-refractivity contribution is 1.03. The molecule has 5 rings (SSSR count). The Morgan fingerprint density at radius 3 is 2.31 bits per heavy atom. The van der Waals surface area contributed by atoms with Gasteiger partial charge in [-0.2, -0.15) is 0 Å². The van der Waals surface area contributed by atoms with Gasteiger partial charge in [0.15, 0.2) is 5.82 Å². The number of thiazole rings is 1. The van der Waals surface area contributed by atoms with E-state index >= 15 is 0 Å². The Morgan fingerprint density at radius 2 is 1.55 bits per heavy atom. The molecule has 0 amide bonds. The first-order valence-electron chi connectivity index (χ1n) is 9.55.